The zero-order chi connectivity index (χ0) is 22.2. The number of carbonyl (C=O) groups excluding carboxylic acids is 1. The molecule has 1 aliphatic heterocycles. The monoisotopic (exact) mass is 446 g/mol. The number of benzene rings is 1. The van der Waals surface area contributed by atoms with Gasteiger partial charge in [-0.05, 0) is 26.5 Å². The van der Waals surface area contributed by atoms with Gasteiger partial charge in [0.05, 0.1) is 28.5 Å². The first-order valence-electron chi connectivity index (χ1n) is 11.0. The fourth-order valence-corrected chi connectivity index (χ4v) is 5.12. The molecule has 0 spiro atoms. The third-order valence-electron chi connectivity index (χ3n) is 5.85. The van der Waals surface area contributed by atoms with Crippen LogP contribution in [0.15, 0.2) is 42.6 Å². The van der Waals surface area contributed by atoms with Crippen LogP contribution < -0.4 is 5.32 Å². The second-order valence-electron chi connectivity index (χ2n) is 8.30. The van der Waals surface area contributed by atoms with E-state index in [1.165, 1.54) is 4.88 Å². The number of carbonyl (C=O) groups is 1. The lowest BCUT2D eigenvalue weighted by Crippen LogP contribution is -2.29. The summed E-state index contributed by atoms with van der Waals surface area (Å²) in [5.41, 5.74) is 4.09. The lowest BCUT2D eigenvalue weighted by molar-refractivity contribution is 0.102. The molecule has 164 valence electrons. The van der Waals surface area contributed by atoms with E-state index in [-0.39, 0.29) is 11.9 Å². The van der Waals surface area contributed by atoms with E-state index in [1.54, 1.807) is 17.5 Å². The molecular formula is C24H26N6OS. The highest BCUT2D eigenvalue weighted by Crippen LogP contribution is 2.30. The van der Waals surface area contributed by atoms with Gasteiger partial charge in [-0.15, -0.1) is 11.3 Å². The molecule has 0 radical (unpaired) electrons. The van der Waals surface area contributed by atoms with Gasteiger partial charge in [-0.1, -0.05) is 37.3 Å². The van der Waals surface area contributed by atoms with Crippen molar-refractivity contribution in [3.05, 3.63) is 58.7 Å². The fourth-order valence-electron chi connectivity index (χ4n) is 4.08. The van der Waals surface area contributed by atoms with Gasteiger partial charge < -0.3 is 0 Å². The maximum Gasteiger partial charge on any atom is 0.258 e. The van der Waals surface area contributed by atoms with E-state index in [9.17, 15) is 4.79 Å². The molecule has 32 heavy (non-hydrogen) atoms. The topological polar surface area (TPSA) is 75.9 Å². The summed E-state index contributed by atoms with van der Waals surface area (Å²) in [6.45, 7) is 9.23. The molecule has 0 saturated carbocycles. The van der Waals surface area contributed by atoms with Gasteiger partial charge in [-0.25, -0.2) is 14.6 Å². The van der Waals surface area contributed by atoms with E-state index in [1.807, 2.05) is 41.1 Å². The zero-order valence-electron chi connectivity index (χ0n) is 18.5. The molecule has 0 aliphatic carbocycles. The second kappa shape index (κ2) is 8.44. The van der Waals surface area contributed by atoms with Crippen LogP contribution in [0.2, 0.25) is 0 Å². The Hall–Kier alpha value is -3.10. The summed E-state index contributed by atoms with van der Waals surface area (Å²) in [4.78, 5) is 26.6. The summed E-state index contributed by atoms with van der Waals surface area (Å²) in [7, 11) is 0. The average molecular weight is 447 g/mol. The summed E-state index contributed by atoms with van der Waals surface area (Å²) >= 11 is 1.57. The van der Waals surface area contributed by atoms with Crippen LogP contribution in [0.1, 0.15) is 47.7 Å². The van der Waals surface area contributed by atoms with Crippen LogP contribution in [0.3, 0.4) is 0 Å². The van der Waals surface area contributed by atoms with Gasteiger partial charge in [-0.3, -0.25) is 15.0 Å². The number of pyridine rings is 1. The van der Waals surface area contributed by atoms with Crippen LogP contribution in [0, 0.1) is 0 Å². The molecule has 1 N–H and O–H groups in total. The number of amides is 1. The fraction of sp³-hybridized carbons (Fsp3) is 0.333. The van der Waals surface area contributed by atoms with Gasteiger partial charge in [0, 0.05) is 36.0 Å². The Morgan fingerprint density at radius 3 is 2.78 bits per heavy atom. The normalized spacial score (nSPS) is 14.1. The summed E-state index contributed by atoms with van der Waals surface area (Å²) in [5, 5.41) is 8.95. The number of nitrogens with zero attached hydrogens (tertiary/aromatic N) is 5. The number of rotatable bonds is 5. The highest BCUT2D eigenvalue weighted by atomic mass is 32.1. The van der Waals surface area contributed by atoms with E-state index in [4.69, 9.17) is 9.97 Å². The predicted octanol–water partition coefficient (Wildman–Crippen LogP) is 4.77. The van der Waals surface area contributed by atoms with Gasteiger partial charge in [-0.2, -0.15) is 5.10 Å². The number of thiazole rings is 1. The molecule has 1 amide bonds. The van der Waals surface area contributed by atoms with Crippen LogP contribution in [0.5, 0.6) is 0 Å². The molecule has 0 saturated heterocycles. The highest BCUT2D eigenvalue weighted by molar-refractivity contribution is 7.15. The number of likely N-dealkylation sites (N-methyl/N-ethyl adjacent to an activating group) is 1. The first-order valence-corrected chi connectivity index (χ1v) is 11.8. The summed E-state index contributed by atoms with van der Waals surface area (Å²) in [6.07, 6.45) is 2.66. The zero-order valence-corrected chi connectivity index (χ0v) is 19.3. The van der Waals surface area contributed by atoms with Gasteiger partial charge >= 0.3 is 0 Å². The molecule has 1 aliphatic rings. The third-order valence-corrected chi connectivity index (χ3v) is 6.85. The van der Waals surface area contributed by atoms with Gasteiger partial charge in [0.1, 0.15) is 0 Å². The lowest BCUT2D eigenvalue weighted by Gasteiger charge is -2.23. The molecule has 3 aromatic heterocycles. The van der Waals surface area contributed by atoms with Crippen molar-refractivity contribution < 1.29 is 4.79 Å². The van der Waals surface area contributed by atoms with E-state index >= 15 is 0 Å². The second-order valence-corrected chi connectivity index (χ2v) is 9.39. The van der Waals surface area contributed by atoms with Crippen molar-refractivity contribution in [2.45, 2.75) is 39.8 Å². The number of nitrogens with one attached hydrogen (secondary N) is 1. The molecule has 4 heterocycles. The van der Waals surface area contributed by atoms with Crippen LogP contribution in [0.4, 0.5) is 5.13 Å². The average Bonchev–Trinajstić information content (AvgIpc) is 3.41. The first kappa shape index (κ1) is 20.8. The summed E-state index contributed by atoms with van der Waals surface area (Å²) in [5.74, 6) is -0.184. The molecule has 0 fully saturated rings. The number of hydrogen-bond donors (Lipinski definition) is 1. The summed E-state index contributed by atoms with van der Waals surface area (Å²) in [6, 6.07) is 11.9. The van der Waals surface area contributed by atoms with Crippen LogP contribution >= 0.6 is 11.3 Å². The molecule has 4 aromatic rings. The minimum absolute atomic E-state index is 0.133. The van der Waals surface area contributed by atoms with Gasteiger partial charge in [0.15, 0.2) is 10.8 Å². The largest absolute Gasteiger partial charge is 0.298 e. The SMILES string of the molecule is CCN1CCc2nc(NC(=O)c3cc(-c4ccccc4)nc4c3cnn4C(C)C)sc2C1. The Bertz CT molecular complexity index is 1280. The van der Waals surface area contributed by atoms with E-state index in [0.717, 1.165) is 48.4 Å². The van der Waals surface area contributed by atoms with E-state index in [0.29, 0.717) is 16.3 Å². The Morgan fingerprint density at radius 1 is 1.22 bits per heavy atom. The Balaban J connectivity index is 1.53. The number of anilines is 1. The van der Waals surface area contributed by atoms with Crippen molar-refractivity contribution in [2.24, 2.45) is 0 Å². The quantitative estimate of drug-likeness (QED) is 0.478. The van der Waals surface area contributed by atoms with Crippen molar-refractivity contribution in [3.8, 4) is 11.3 Å². The van der Waals surface area contributed by atoms with Crippen LogP contribution in [-0.4, -0.2) is 43.6 Å². The number of fused-ring (bicyclic) bond motifs is 2. The number of aromatic nitrogens is 4. The third kappa shape index (κ3) is 3.80. The van der Waals surface area contributed by atoms with Gasteiger partial charge in [0.2, 0.25) is 0 Å². The van der Waals surface area contributed by atoms with Crippen molar-refractivity contribution >= 4 is 33.4 Å². The van der Waals surface area contributed by atoms with Crippen molar-refractivity contribution in [1.82, 2.24) is 24.6 Å². The Kier molecular flexibility index (Phi) is 5.48. The lowest BCUT2D eigenvalue weighted by atomic mass is 10.1. The molecule has 5 rings (SSSR count). The Labute approximate surface area is 191 Å². The number of hydrogen-bond acceptors (Lipinski definition) is 6. The summed E-state index contributed by atoms with van der Waals surface area (Å²) < 4.78 is 1.86. The molecular weight excluding hydrogens is 420 g/mol. The molecule has 1 aromatic carbocycles. The molecule has 8 heteroatoms. The van der Waals surface area contributed by atoms with Crippen LogP contribution in [-0.2, 0) is 13.0 Å². The van der Waals surface area contributed by atoms with Gasteiger partial charge in [0.25, 0.3) is 5.91 Å². The van der Waals surface area contributed by atoms with Crippen LogP contribution in [0.25, 0.3) is 22.3 Å². The molecule has 0 bridgehead atoms. The highest BCUT2D eigenvalue weighted by Gasteiger charge is 2.23. The molecule has 0 atom stereocenters. The van der Waals surface area contributed by atoms with E-state index in [2.05, 4.69) is 36.1 Å². The van der Waals surface area contributed by atoms with Crippen molar-refractivity contribution in [1.29, 1.82) is 0 Å². The maximum absolute atomic E-state index is 13.4. The molecule has 0 unspecified atom stereocenters. The smallest absolute Gasteiger partial charge is 0.258 e. The Morgan fingerprint density at radius 2 is 2.03 bits per heavy atom. The first-order chi connectivity index (χ1) is 15.5. The van der Waals surface area contributed by atoms with E-state index < -0.39 is 0 Å². The van der Waals surface area contributed by atoms with Crippen molar-refractivity contribution in [3.63, 3.8) is 0 Å². The van der Waals surface area contributed by atoms with Crippen molar-refractivity contribution in [2.75, 3.05) is 18.4 Å². The predicted molar refractivity (Wildman–Crippen MR) is 128 cm³/mol. The minimum Gasteiger partial charge on any atom is -0.298 e. The maximum atomic E-state index is 13.4. The standard InChI is InChI=1S/C24H26N6OS/c1-4-29-11-10-19-21(14-29)32-24(27-19)28-23(31)17-12-20(16-8-6-5-7-9-16)26-22-18(17)13-25-30(22)15(2)3/h5-9,12-13,15H,4,10-11,14H2,1-3H3,(H,27,28,31). The minimum atomic E-state index is -0.184. The molecule has 7 nitrogen and oxygen atoms in total.